The maximum Gasteiger partial charge on any atom is 0.163 e. The van der Waals surface area contributed by atoms with E-state index in [1.54, 1.807) is 0 Å². The smallest absolute Gasteiger partial charge is 0.163 e. The van der Waals surface area contributed by atoms with Crippen LogP contribution in [0.15, 0.2) is 48.5 Å². The number of benzene rings is 2. The lowest BCUT2D eigenvalue weighted by Crippen LogP contribution is -2.57. The van der Waals surface area contributed by atoms with E-state index in [1.165, 1.54) is 16.7 Å². The van der Waals surface area contributed by atoms with Crippen LogP contribution in [0.4, 0.5) is 0 Å². The second-order valence-corrected chi connectivity index (χ2v) is 15.7. The summed E-state index contributed by atoms with van der Waals surface area (Å²) in [5.41, 5.74) is 3.77. The molecule has 2 N–H and O–H groups in total. The molecule has 3 rings (SSSR count). The van der Waals surface area contributed by atoms with Crippen LogP contribution < -0.4 is 0 Å². The third kappa shape index (κ3) is 11.6. The lowest BCUT2D eigenvalue weighted by Gasteiger charge is -2.51. The maximum atomic E-state index is 10.4. The van der Waals surface area contributed by atoms with E-state index < -0.39 is 22.7 Å². The van der Waals surface area contributed by atoms with E-state index in [-0.39, 0.29) is 23.5 Å². The van der Waals surface area contributed by atoms with Crippen molar-refractivity contribution in [2.24, 2.45) is 21.7 Å². The van der Waals surface area contributed by atoms with E-state index in [2.05, 4.69) is 77.9 Å². The minimum Gasteiger partial charge on any atom is -0.396 e. The molecule has 0 aliphatic carbocycles. The van der Waals surface area contributed by atoms with Gasteiger partial charge in [0.15, 0.2) is 5.79 Å². The van der Waals surface area contributed by atoms with Crippen LogP contribution in [0.3, 0.4) is 0 Å². The molecule has 2 unspecified atom stereocenters. The molecule has 2 aromatic carbocycles. The molecule has 0 spiro atoms. The zero-order chi connectivity index (χ0) is 32.7. The highest BCUT2D eigenvalue weighted by atomic mass is 16.7. The molecule has 1 aliphatic heterocycles. The second-order valence-electron chi connectivity index (χ2n) is 15.7. The minimum absolute atomic E-state index is 0.0360. The fraction of sp³-hybridized carbons (Fsp3) is 0.676. The van der Waals surface area contributed by atoms with Crippen LogP contribution >= 0.6 is 0 Å². The number of rotatable bonds is 12. The van der Waals surface area contributed by atoms with Gasteiger partial charge in [-0.25, -0.2) is 0 Å². The quantitative estimate of drug-likeness (QED) is 0.261. The van der Waals surface area contributed by atoms with Gasteiger partial charge in [0, 0.05) is 21.7 Å². The number of hydrogen-bond acceptors (Lipinski definition) is 6. The first-order chi connectivity index (χ1) is 19.7. The van der Waals surface area contributed by atoms with Gasteiger partial charge in [-0.15, -0.1) is 0 Å². The Hall–Kier alpha value is -1.80. The van der Waals surface area contributed by atoms with Gasteiger partial charge in [-0.3, -0.25) is 0 Å². The molecule has 0 radical (unpaired) electrons. The average molecular weight is 601 g/mol. The summed E-state index contributed by atoms with van der Waals surface area (Å²) < 4.78 is 23.9. The van der Waals surface area contributed by atoms with Gasteiger partial charge in [0.1, 0.15) is 0 Å². The van der Waals surface area contributed by atoms with Crippen molar-refractivity contribution in [2.45, 2.75) is 114 Å². The number of aryl methyl sites for hydroxylation is 2. The molecule has 43 heavy (non-hydrogen) atoms. The fourth-order valence-corrected chi connectivity index (χ4v) is 5.90. The van der Waals surface area contributed by atoms with Crippen molar-refractivity contribution in [2.75, 3.05) is 26.4 Å². The summed E-state index contributed by atoms with van der Waals surface area (Å²) in [5.74, 6) is -0.534. The molecule has 0 bridgehead atoms. The Balaban J connectivity index is 0.000000304. The molecule has 1 aliphatic rings. The van der Waals surface area contributed by atoms with Crippen LogP contribution in [0, 0.1) is 35.5 Å². The first-order valence-corrected chi connectivity index (χ1v) is 15.6. The van der Waals surface area contributed by atoms with Crippen LogP contribution in [-0.4, -0.2) is 54.6 Å². The molecule has 1 saturated heterocycles. The van der Waals surface area contributed by atoms with Gasteiger partial charge in [0.2, 0.25) is 0 Å². The normalized spacial score (nSPS) is 19.3. The Kier molecular flexibility index (Phi) is 13.0. The monoisotopic (exact) mass is 600 g/mol. The van der Waals surface area contributed by atoms with Crippen LogP contribution in [0.1, 0.15) is 91.5 Å². The Morgan fingerprint density at radius 1 is 0.814 bits per heavy atom. The zero-order valence-electron chi connectivity index (χ0n) is 29.0. The van der Waals surface area contributed by atoms with Gasteiger partial charge < -0.3 is 29.2 Å². The molecule has 0 amide bonds. The standard InChI is InChI=1S/C20H32O3.C17H28O3/c1-15-9-8-10-16(11-15)12-21-13-18(2,3)17-19(4,5)14-22-20(6,7)23-17;1-13-7-6-8-14(9-13)10-20-12-17(4,5)15(19)16(2,3)11-18/h8-11,17H,12-14H2,1-7H3;6-9,15,18-19H,10-12H2,1-5H3. The fourth-order valence-electron chi connectivity index (χ4n) is 5.90. The van der Waals surface area contributed by atoms with Crippen LogP contribution in [-0.2, 0) is 32.2 Å². The van der Waals surface area contributed by atoms with Crippen LogP contribution in [0.5, 0.6) is 0 Å². The number of ether oxygens (including phenoxy) is 4. The maximum absolute atomic E-state index is 10.4. The third-order valence-corrected chi connectivity index (χ3v) is 8.15. The predicted octanol–water partition coefficient (Wildman–Crippen LogP) is 7.63. The SMILES string of the molecule is Cc1cccc(COCC(C)(C)C(O)C(C)(C)CO)c1.Cc1cccc(COCC(C)(C)C2OC(C)(C)OCC2(C)C)c1. The molecule has 1 heterocycles. The molecule has 244 valence electrons. The van der Waals surface area contributed by atoms with Gasteiger partial charge in [-0.1, -0.05) is 115 Å². The van der Waals surface area contributed by atoms with Crippen molar-refractivity contribution in [3.05, 3.63) is 70.8 Å². The van der Waals surface area contributed by atoms with Crippen molar-refractivity contribution >= 4 is 0 Å². The summed E-state index contributed by atoms with van der Waals surface area (Å²) in [4.78, 5) is 0. The molecular weight excluding hydrogens is 540 g/mol. The topological polar surface area (TPSA) is 77.4 Å². The second kappa shape index (κ2) is 15.0. The van der Waals surface area contributed by atoms with E-state index >= 15 is 0 Å². The van der Waals surface area contributed by atoms with E-state index in [9.17, 15) is 10.2 Å². The van der Waals surface area contributed by atoms with Gasteiger partial charge in [0.25, 0.3) is 0 Å². The van der Waals surface area contributed by atoms with E-state index in [0.29, 0.717) is 33.0 Å². The van der Waals surface area contributed by atoms with E-state index in [1.807, 2.05) is 53.7 Å². The molecule has 1 fully saturated rings. The summed E-state index contributed by atoms with van der Waals surface area (Å²) in [6, 6.07) is 16.7. The highest BCUT2D eigenvalue weighted by molar-refractivity contribution is 5.22. The van der Waals surface area contributed by atoms with E-state index in [4.69, 9.17) is 18.9 Å². The molecule has 2 aromatic rings. The lowest BCUT2D eigenvalue weighted by molar-refractivity contribution is -0.334. The van der Waals surface area contributed by atoms with Gasteiger partial charge in [-0.05, 0) is 38.8 Å². The van der Waals surface area contributed by atoms with Gasteiger partial charge in [-0.2, -0.15) is 0 Å². The van der Waals surface area contributed by atoms with Gasteiger partial charge in [0.05, 0.1) is 51.8 Å². The van der Waals surface area contributed by atoms with Crippen molar-refractivity contribution in [3.63, 3.8) is 0 Å². The average Bonchev–Trinajstić information content (AvgIpc) is 2.90. The third-order valence-electron chi connectivity index (χ3n) is 8.15. The first kappa shape index (κ1) is 37.4. The number of aliphatic hydroxyl groups is 2. The highest BCUT2D eigenvalue weighted by Crippen LogP contribution is 2.43. The van der Waals surface area contributed by atoms with E-state index in [0.717, 1.165) is 5.56 Å². The van der Waals surface area contributed by atoms with Crippen molar-refractivity contribution < 1.29 is 29.2 Å². The summed E-state index contributed by atoms with van der Waals surface area (Å²) >= 11 is 0. The number of aliphatic hydroxyl groups excluding tert-OH is 2. The molecule has 6 nitrogen and oxygen atoms in total. The number of hydrogen-bond donors (Lipinski definition) is 2. The van der Waals surface area contributed by atoms with Crippen LogP contribution in [0.2, 0.25) is 0 Å². The lowest BCUT2D eigenvalue weighted by atomic mass is 9.71. The molecule has 0 aromatic heterocycles. The summed E-state index contributed by atoms with van der Waals surface area (Å²) in [7, 11) is 0. The van der Waals surface area contributed by atoms with Gasteiger partial charge >= 0.3 is 0 Å². The van der Waals surface area contributed by atoms with Crippen molar-refractivity contribution in [1.29, 1.82) is 0 Å². The Morgan fingerprint density at radius 2 is 1.30 bits per heavy atom. The molecule has 6 heteroatoms. The van der Waals surface area contributed by atoms with Crippen LogP contribution in [0.25, 0.3) is 0 Å². The minimum atomic E-state index is -0.627. The predicted molar refractivity (Wildman–Crippen MR) is 175 cm³/mol. The summed E-state index contributed by atoms with van der Waals surface area (Å²) in [6.45, 7) is 27.6. The molecular formula is C37H60O6. The summed E-state index contributed by atoms with van der Waals surface area (Å²) in [5, 5.41) is 19.8. The largest absolute Gasteiger partial charge is 0.396 e. The van der Waals surface area contributed by atoms with Crippen molar-refractivity contribution in [1.82, 2.24) is 0 Å². The Labute approximate surface area is 262 Å². The molecule has 0 saturated carbocycles. The highest BCUT2D eigenvalue weighted by Gasteiger charge is 2.49. The summed E-state index contributed by atoms with van der Waals surface area (Å²) in [6.07, 6.45) is -0.547. The zero-order valence-corrected chi connectivity index (χ0v) is 29.0. The van der Waals surface area contributed by atoms with Crippen molar-refractivity contribution in [3.8, 4) is 0 Å². The first-order valence-electron chi connectivity index (χ1n) is 15.6. The Morgan fingerprint density at radius 3 is 1.77 bits per heavy atom. The Bertz CT molecular complexity index is 1130. The molecule has 2 atom stereocenters.